The number of nitrogens with one attached hydrogen (secondary N) is 1. The molecule has 2 heterocycles. The fraction of sp³-hybridized carbons (Fsp3) is 0.368. The van der Waals surface area contributed by atoms with E-state index in [0.29, 0.717) is 13.1 Å². The van der Waals surface area contributed by atoms with Crippen LogP contribution in [-0.4, -0.2) is 42.3 Å². The number of rotatable bonds is 5. The van der Waals surface area contributed by atoms with E-state index in [1.54, 1.807) is 22.9 Å². The molecule has 1 aliphatic rings. The number of furan rings is 1. The van der Waals surface area contributed by atoms with Crippen LogP contribution in [0.1, 0.15) is 23.0 Å². The van der Waals surface area contributed by atoms with E-state index in [9.17, 15) is 9.59 Å². The number of hydrogen-bond donors (Lipinski definition) is 1. The minimum absolute atomic E-state index is 0.0519. The van der Waals surface area contributed by atoms with Crippen LogP contribution in [0, 0.1) is 0 Å². The number of ether oxygens (including phenoxy) is 1. The molecule has 1 atom stereocenters. The van der Waals surface area contributed by atoms with Crippen molar-refractivity contribution in [3.05, 3.63) is 60.1 Å². The number of amides is 2. The summed E-state index contributed by atoms with van der Waals surface area (Å²) in [6.07, 6.45) is 1.93. The lowest BCUT2D eigenvalue weighted by Crippen LogP contribution is -2.41. The van der Waals surface area contributed by atoms with Gasteiger partial charge >= 0.3 is 6.09 Å². The zero-order chi connectivity index (χ0) is 18.2. The molecule has 1 saturated heterocycles. The van der Waals surface area contributed by atoms with Gasteiger partial charge in [0.25, 0.3) is 0 Å². The Bertz CT molecular complexity index is 706. The zero-order valence-electron chi connectivity index (χ0n) is 14.4. The molecular weight excluding hydrogens is 352 g/mol. The molecule has 7 heteroatoms. The van der Waals surface area contributed by atoms with E-state index >= 15 is 0 Å². The normalized spacial score (nSPS) is 17.4. The first kappa shape index (κ1) is 18.4. The highest BCUT2D eigenvalue weighted by Gasteiger charge is 2.23. The quantitative estimate of drug-likeness (QED) is 0.870. The Labute approximate surface area is 156 Å². The molecule has 0 radical (unpaired) electrons. The summed E-state index contributed by atoms with van der Waals surface area (Å²) < 4.78 is 10.6. The van der Waals surface area contributed by atoms with Crippen LogP contribution in [0.2, 0.25) is 0 Å². The van der Waals surface area contributed by atoms with Gasteiger partial charge in [-0.25, -0.2) is 4.79 Å². The zero-order valence-corrected chi connectivity index (χ0v) is 15.2. The molecular formula is C19H22N2O4S. The van der Waals surface area contributed by atoms with E-state index in [1.165, 1.54) is 0 Å². The highest BCUT2D eigenvalue weighted by Crippen LogP contribution is 2.34. The van der Waals surface area contributed by atoms with Crippen LogP contribution >= 0.6 is 11.8 Å². The molecule has 1 N–H and O–H groups in total. The standard InChI is InChI=1S/C19H22N2O4S/c22-18(13-20-19(23)25-14-15-5-2-1-3-6-15)21-9-8-17(26-12-10-21)16-7-4-11-24-16/h1-7,11,17H,8-10,12-14H2,(H,20,23)/t17-/m0/s1. The Morgan fingerprint density at radius 2 is 2.04 bits per heavy atom. The lowest BCUT2D eigenvalue weighted by Gasteiger charge is -2.20. The molecule has 1 aromatic heterocycles. The van der Waals surface area contributed by atoms with Gasteiger partial charge in [-0.05, 0) is 24.1 Å². The first-order chi connectivity index (χ1) is 12.7. The van der Waals surface area contributed by atoms with Gasteiger partial charge in [0.05, 0.1) is 11.5 Å². The van der Waals surface area contributed by atoms with Crippen LogP contribution in [0.5, 0.6) is 0 Å². The van der Waals surface area contributed by atoms with Crippen LogP contribution < -0.4 is 5.32 Å². The highest BCUT2D eigenvalue weighted by molar-refractivity contribution is 7.99. The van der Waals surface area contributed by atoms with Crippen molar-refractivity contribution in [2.24, 2.45) is 0 Å². The van der Waals surface area contributed by atoms with E-state index in [0.717, 1.165) is 23.5 Å². The van der Waals surface area contributed by atoms with Crippen molar-refractivity contribution in [2.75, 3.05) is 25.4 Å². The average molecular weight is 374 g/mol. The van der Waals surface area contributed by atoms with Gasteiger partial charge in [-0.15, -0.1) is 11.8 Å². The van der Waals surface area contributed by atoms with Crippen LogP contribution in [0.25, 0.3) is 0 Å². The molecule has 6 nitrogen and oxygen atoms in total. The number of carbonyl (C=O) groups excluding carboxylic acids is 2. The van der Waals surface area contributed by atoms with Crippen molar-refractivity contribution in [2.45, 2.75) is 18.3 Å². The number of benzene rings is 1. The SMILES string of the molecule is O=C(NCC(=O)N1CCS[C@H](c2ccco2)CC1)OCc1ccccc1. The first-order valence-corrected chi connectivity index (χ1v) is 9.64. The Morgan fingerprint density at radius 1 is 1.19 bits per heavy atom. The van der Waals surface area contributed by atoms with Gasteiger partial charge in [0.1, 0.15) is 18.9 Å². The summed E-state index contributed by atoms with van der Waals surface area (Å²) in [6.45, 7) is 1.45. The number of alkyl carbamates (subject to hydrolysis) is 1. The van der Waals surface area contributed by atoms with Gasteiger partial charge in [-0.1, -0.05) is 30.3 Å². The van der Waals surface area contributed by atoms with Gasteiger partial charge in [0, 0.05) is 18.8 Å². The minimum Gasteiger partial charge on any atom is -0.468 e. The second-order valence-electron chi connectivity index (χ2n) is 5.96. The maximum atomic E-state index is 12.3. The lowest BCUT2D eigenvalue weighted by atomic mass is 10.2. The van der Waals surface area contributed by atoms with Gasteiger partial charge in [-0.3, -0.25) is 4.79 Å². The smallest absolute Gasteiger partial charge is 0.407 e. The molecule has 3 rings (SSSR count). The van der Waals surface area contributed by atoms with Crippen molar-refractivity contribution in [1.82, 2.24) is 10.2 Å². The van der Waals surface area contributed by atoms with Gasteiger partial charge < -0.3 is 19.4 Å². The van der Waals surface area contributed by atoms with Crippen molar-refractivity contribution in [1.29, 1.82) is 0 Å². The van der Waals surface area contributed by atoms with Crippen molar-refractivity contribution in [3.8, 4) is 0 Å². The molecule has 138 valence electrons. The molecule has 0 saturated carbocycles. The van der Waals surface area contributed by atoms with E-state index in [4.69, 9.17) is 9.15 Å². The van der Waals surface area contributed by atoms with E-state index in [2.05, 4.69) is 5.32 Å². The van der Waals surface area contributed by atoms with Crippen molar-refractivity contribution < 1.29 is 18.7 Å². The molecule has 0 bridgehead atoms. The van der Waals surface area contributed by atoms with Crippen molar-refractivity contribution >= 4 is 23.8 Å². The molecule has 2 amide bonds. The topological polar surface area (TPSA) is 71.8 Å². The number of nitrogens with zero attached hydrogens (tertiary/aromatic N) is 1. The lowest BCUT2D eigenvalue weighted by molar-refractivity contribution is -0.129. The summed E-state index contributed by atoms with van der Waals surface area (Å²) >= 11 is 1.79. The van der Waals surface area contributed by atoms with Crippen molar-refractivity contribution in [3.63, 3.8) is 0 Å². The Balaban J connectivity index is 1.39. The molecule has 0 spiro atoms. The summed E-state index contributed by atoms with van der Waals surface area (Å²) in [5.74, 6) is 1.70. The molecule has 1 fully saturated rings. The van der Waals surface area contributed by atoms with Gasteiger partial charge in [0.15, 0.2) is 0 Å². The summed E-state index contributed by atoms with van der Waals surface area (Å²) in [4.78, 5) is 25.9. The summed E-state index contributed by atoms with van der Waals surface area (Å²) in [6, 6.07) is 13.3. The van der Waals surface area contributed by atoms with Crippen LogP contribution in [-0.2, 0) is 16.1 Å². The maximum absolute atomic E-state index is 12.3. The first-order valence-electron chi connectivity index (χ1n) is 8.59. The number of carbonyl (C=O) groups is 2. The summed E-state index contributed by atoms with van der Waals surface area (Å²) in [5.41, 5.74) is 0.905. The second-order valence-corrected chi connectivity index (χ2v) is 7.27. The van der Waals surface area contributed by atoms with Crippen LogP contribution in [0.4, 0.5) is 4.79 Å². The maximum Gasteiger partial charge on any atom is 0.407 e. The number of hydrogen-bond acceptors (Lipinski definition) is 5. The third-order valence-corrected chi connectivity index (χ3v) is 5.44. The summed E-state index contributed by atoms with van der Waals surface area (Å²) in [5, 5.41) is 2.80. The minimum atomic E-state index is -0.583. The van der Waals surface area contributed by atoms with E-state index in [-0.39, 0.29) is 24.3 Å². The summed E-state index contributed by atoms with van der Waals surface area (Å²) in [7, 11) is 0. The second kappa shape index (κ2) is 9.33. The van der Waals surface area contributed by atoms with Crippen LogP contribution in [0.3, 0.4) is 0 Å². The molecule has 26 heavy (non-hydrogen) atoms. The Hall–Kier alpha value is -2.41. The molecule has 2 aromatic rings. The predicted octanol–water partition coefficient (Wildman–Crippen LogP) is 3.21. The Kier molecular flexibility index (Phi) is 6.60. The molecule has 1 aromatic carbocycles. The van der Waals surface area contributed by atoms with E-state index in [1.807, 2.05) is 42.5 Å². The van der Waals surface area contributed by atoms with Crippen LogP contribution in [0.15, 0.2) is 53.1 Å². The Morgan fingerprint density at radius 3 is 2.81 bits per heavy atom. The third-order valence-electron chi connectivity index (χ3n) is 4.15. The van der Waals surface area contributed by atoms with Gasteiger partial charge in [0.2, 0.25) is 5.91 Å². The average Bonchev–Trinajstić information content (AvgIpc) is 3.10. The monoisotopic (exact) mass is 374 g/mol. The molecule has 1 aliphatic heterocycles. The highest BCUT2D eigenvalue weighted by atomic mass is 32.2. The molecule has 0 unspecified atom stereocenters. The van der Waals surface area contributed by atoms with E-state index < -0.39 is 6.09 Å². The fourth-order valence-electron chi connectivity index (χ4n) is 2.76. The fourth-order valence-corrected chi connectivity index (χ4v) is 3.94. The number of thioether (sulfide) groups is 1. The molecule has 0 aliphatic carbocycles. The largest absolute Gasteiger partial charge is 0.468 e. The van der Waals surface area contributed by atoms with Gasteiger partial charge in [-0.2, -0.15) is 0 Å². The predicted molar refractivity (Wildman–Crippen MR) is 99.7 cm³/mol. The third kappa shape index (κ3) is 5.29.